The van der Waals surface area contributed by atoms with Crippen LogP contribution < -0.4 is 0 Å². The van der Waals surface area contributed by atoms with E-state index in [1.54, 1.807) is 0 Å². The standard InChI is InChI=1S/C16H22ClNO2/c17-10-4-7-14-8-11-18(12-9-14)16(19)20-13-15-5-2-1-3-6-15/h1-3,5-6,14H,4,7-13H2. The molecule has 1 saturated heterocycles. The molecule has 0 aromatic heterocycles. The Bertz CT molecular complexity index is 402. The number of hydrogen-bond acceptors (Lipinski definition) is 2. The maximum atomic E-state index is 12.0. The first kappa shape index (κ1) is 15.2. The van der Waals surface area contributed by atoms with E-state index in [0.717, 1.165) is 43.8 Å². The normalized spacial score (nSPS) is 16.1. The smallest absolute Gasteiger partial charge is 0.410 e. The van der Waals surface area contributed by atoms with E-state index < -0.39 is 0 Å². The molecule has 2 rings (SSSR count). The van der Waals surface area contributed by atoms with Crippen LogP contribution in [0.25, 0.3) is 0 Å². The van der Waals surface area contributed by atoms with Gasteiger partial charge in [-0.2, -0.15) is 0 Å². The Morgan fingerprint density at radius 3 is 2.60 bits per heavy atom. The molecule has 0 N–H and O–H groups in total. The predicted molar refractivity (Wildman–Crippen MR) is 80.9 cm³/mol. The van der Waals surface area contributed by atoms with Crippen molar-refractivity contribution < 1.29 is 9.53 Å². The van der Waals surface area contributed by atoms with Crippen molar-refractivity contribution in [1.82, 2.24) is 4.90 Å². The van der Waals surface area contributed by atoms with Crippen LogP contribution in [0, 0.1) is 5.92 Å². The van der Waals surface area contributed by atoms with Gasteiger partial charge in [-0.05, 0) is 37.2 Å². The van der Waals surface area contributed by atoms with Gasteiger partial charge in [-0.3, -0.25) is 0 Å². The number of alkyl halides is 1. The van der Waals surface area contributed by atoms with E-state index in [4.69, 9.17) is 16.3 Å². The van der Waals surface area contributed by atoms with Gasteiger partial charge >= 0.3 is 6.09 Å². The zero-order valence-electron chi connectivity index (χ0n) is 11.8. The lowest BCUT2D eigenvalue weighted by atomic mass is 9.93. The zero-order valence-corrected chi connectivity index (χ0v) is 12.5. The molecule has 1 amide bonds. The Morgan fingerprint density at radius 1 is 1.25 bits per heavy atom. The third-order valence-electron chi connectivity index (χ3n) is 3.82. The zero-order chi connectivity index (χ0) is 14.2. The minimum absolute atomic E-state index is 0.190. The molecule has 1 aromatic carbocycles. The van der Waals surface area contributed by atoms with E-state index in [0.29, 0.717) is 12.5 Å². The van der Waals surface area contributed by atoms with Crippen LogP contribution in [0.1, 0.15) is 31.2 Å². The van der Waals surface area contributed by atoms with Crippen LogP contribution in [0.4, 0.5) is 4.79 Å². The van der Waals surface area contributed by atoms with Gasteiger partial charge in [0.15, 0.2) is 0 Å². The minimum Gasteiger partial charge on any atom is -0.445 e. The SMILES string of the molecule is O=C(OCc1ccccc1)N1CCC(CCCCl)CC1. The van der Waals surface area contributed by atoms with Crippen molar-refractivity contribution >= 4 is 17.7 Å². The number of carbonyl (C=O) groups is 1. The van der Waals surface area contributed by atoms with E-state index in [1.807, 2.05) is 35.2 Å². The Labute approximate surface area is 125 Å². The van der Waals surface area contributed by atoms with Crippen molar-refractivity contribution in [1.29, 1.82) is 0 Å². The first-order valence-corrected chi connectivity index (χ1v) is 7.84. The van der Waals surface area contributed by atoms with Gasteiger partial charge in [0, 0.05) is 19.0 Å². The number of hydrogen-bond donors (Lipinski definition) is 0. The molecule has 1 heterocycles. The molecule has 0 saturated carbocycles. The van der Waals surface area contributed by atoms with Gasteiger partial charge in [-0.15, -0.1) is 11.6 Å². The van der Waals surface area contributed by atoms with E-state index in [1.165, 1.54) is 6.42 Å². The Morgan fingerprint density at radius 2 is 1.95 bits per heavy atom. The number of rotatable bonds is 5. The van der Waals surface area contributed by atoms with Crippen LogP contribution in [-0.4, -0.2) is 30.0 Å². The second-order valence-electron chi connectivity index (χ2n) is 5.30. The quantitative estimate of drug-likeness (QED) is 0.767. The van der Waals surface area contributed by atoms with Gasteiger partial charge < -0.3 is 9.64 Å². The molecule has 0 unspecified atom stereocenters. The number of benzene rings is 1. The molecule has 1 aromatic rings. The molecular weight excluding hydrogens is 274 g/mol. The number of halogens is 1. The highest BCUT2D eigenvalue weighted by molar-refractivity contribution is 6.17. The van der Waals surface area contributed by atoms with Crippen molar-refractivity contribution in [3.05, 3.63) is 35.9 Å². The summed E-state index contributed by atoms with van der Waals surface area (Å²) in [7, 11) is 0. The van der Waals surface area contributed by atoms with Gasteiger partial charge in [-0.25, -0.2) is 4.79 Å². The van der Waals surface area contributed by atoms with Crippen LogP contribution >= 0.6 is 11.6 Å². The molecule has 4 heteroatoms. The van der Waals surface area contributed by atoms with Gasteiger partial charge in [0.1, 0.15) is 6.61 Å². The average molecular weight is 296 g/mol. The molecule has 110 valence electrons. The molecule has 0 aliphatic carbocycles. The van der Waals surface area contributed by atoms with Gasteiger partial charge in [0.25, 0.3) is 0 Å². The highest BCUT2D eigenvalue weighted by atomic mass is 35.5. The topological polar surface area (TPSA) is 29.5 Å². The lowest BCUT2D eigenvalue weighted by Gasteiger charge is -2.31. The van der Waals surface area contributed by atoms with Crippen molar-refractivity contribution in [3.8, 4) is 0 Å². The molecule has 0 radical (unpaired) electrons. The number of likely N-dealkylation sites (tertiary alicyclic amines) is 1. The minimum atomic E-state index is -0.190. The summed E-state index contributed by atoms with van der Waals surface area (Å²) in [6.07, 6.45) is 4.19. The predicted octanol–water partition coefficient (Wildman–Crippen LogP) is 4.05. The first-order chi connectivity index (χ1) is 9.79. The summed E-state index contributed by atoms with van der Waals surface area (Å²) in [6.45, 7) is 1.97. The lowest BCUT2D eigenvalue weighted by molar-refractivity contribution is 0.0815. The highest BCUT2D eigenvalue weighted by Crippen LogP contribution is 2.22. The molecule has 0 bridgehead atoms. The van der Waals surface area contributed by atoms with Crippen LogP contribution in [0.2, 0.25) is 0 Å². The molecule has 1 aliphatic heterocycles. The van der Waals surface area contributed by atoms with Crippen LogP contribution in [0.5, 0.6) is 0 Å². The molecule has 0 atom stereocenters. The second-order valence-corrected chi connectivity index (χ2v) is 5.68. The average Bonchev–Trinajstić information content (AvgIpc) is 2.52. The molecular formula is C16H22ClNO2. The van der Waals surface area contributed by atoms with Crippen LogP contribution in [-0.2, 0) is 11.3 Å². The van der Waals surface area contributed by atoms with Gasteiger partial charge in [0.2, 0.25) is 0 Å². The number of nitrogens with zero attached hydrogens (tertiary/aromatic N) is 1. The third kappa shape index (κ3) is 4.71. The maximum Gasteiger partial charge on any atom is 0.410 e. The Kier molecular flexibility index (Phi) is 6.19. The fourth-order valence-electron chi connectivity index (χ4n) is 2.58. The summed E-state index contributed by atoms with van der Waals surface area (Å²) >= 11 is 5.71. The highest BCUT2D eigenvalue weighted by Gasteiger charge is 2.23. The van der Waals surface area contributed by atoms with Crippen LogP contribution in [0.15, 0.2) is 30.3 Å². The van der Waals surface area contributed by atoms with E-state index >= 15 is 0 Å². The molecule has 1 aliphatic rings. The summed E-state index contributed by atoms with van der Waals surface area (Å²) in [4.78, 5) is 13.8. The Balaban J connectivity index is 1.69. The van der Waals surface area contributed by atoms with E-state index in [9.17, 15) is 4.79 Å². The van der Waals surface area contributed by atoms with Crippen molar-refractivity contribution in [3.63, 3.8) is 0 Å². The van der Waals surface area contributed by atoms with E-state index in [2.05, 4.69) is 0 Å². The number of amides is 1. The molecule has 3 nitrogen and oxygen atoms in total. The largest absolute Gasteiger partial charge is 0.445 e. The summed E-state index contributed by atoms with van der Waals surface area (Å²) in [5, 5.41) is 0. The lowest BCUT2D eigenvalue weighted by Crippen LogP contribution is -2.38. The van der Waals surface area contributed by atoms with Crippen LogP contribution in [0.3, 0.4) is 0 Å². The maximum absolute atomic E-state index is 12.0. The Hall–Kier alpha value is -1.22. The molecule has 20 heavy (non-hydrogen) atoms. The number of ether oxygens (including phenoxy) is 1. The fourth-order valence-corrected chi connectivity index (χ4v) is 2.73. The van der Waals surface area contributed by atoms with Gasteiger partial charge in [0.05, 0.1) is 0 Å². The summed E-state index contributed by atoms with van der Waals surface area (Å²) in [5.41, 5.74) is 1.03. The number of piperidine rings is 1. The molecule has 0 spiro atoms. The number of carbonyl (C=O) groups excluding carboxylic acids is 1. The first-order valence-electron chi connectivity index (χ1n) is 7.31. The van der Waals surface area contributed by atoms with Crippen molar-refractivity contribution in [2.24, 2.45) is 5.92 Å². The third-order valence-corrected chi connectivity index (χ3v) is 4.09. The van der Waals surface area contributed by atoms with Gasteiger partial charge in [-0.1, -0.05) is 30.3 Å². The second kappa shape index (κ2) is 8.15. The summed E-state index contributed by atoms with van der Waals surface area (Å²) in [5.74, 6) is 1.45. The molecule has 1 fully saturated rings. The summed E-state index contributed by atoms with van der Waals surface area (Å²) in [6, 6.07) is 9.78. The summed E-state index contributed by atoms with van der Waals surface area (Å²) < 4.78 is 5.35. The van der Waals surface area contributed by atoms with E-state index in [-0.39, 0.29) is 6.09 Å². The fraction of sp³-hybridized carbons (Fsp3) is 0.562. The van der Waals surface area contributed by atoms with Crippen molar-refractivity contribution in [2.75, 3.05) is 19.0 Å². The van der Waals surface area contributed by atoms with Crippen molar-refractivity contribution in [2.45, 2.75) is 32.3 Å². The monoisotopic (exact) mass is 295 g/mol.